The number of hydrogen-bond donors (Lipinski definition) is 0. The van der Waals surface area contributed by atoms with Crippen LogP contribution in [0.4, 0.5) is 0 Å². The highest BCUT2D eigenvalue weighted by Gasteiger charge is 2.13. The first-order valence-electron chi connectivity index (χ1n) is 6.89. The molecule has 0 bridgehead atoms. The van der Waals surface area contributed by atoms with Crippen molar-refractivity contribution in [3.8, 4) is 6.07 Å². The lowest BCUT2D eigenvalue weighted by atomic mass is 9.91. The standard InChI is InChI=1S/C19H14ClN/c20-18-10-8-14(9-11-18)17(13-21)12-16-6-3-5-15-4-1-2-7-19(15)16/h1-11,17H,12H2. The summed E-state index contributed by atoms with van der Waals surface area (Å²) in [7, 11) is 0. The average molecular weight is 292 g/mol. The molecule has 0 radical (unpaired) electrons. The van der Waals surface area contributed by atoms with E-state index in [2.05, 4.69) is 30.3 Å². The van der Waals surface area contributed by atoms with Crippen LogP contribution in [0, 0.1) is 11.3 Å². The van der Waals surface area contributed by atoms with Crippen LogP contribution in [0.2, 0.25) is 5.02 Å². The summed E-state index contributed by atoms with van der Waals surface area (Å²) in [5.41, 5.74) is 2.21. The largest absolute Gasteiger partial charge is 0.198 e. The van der Waals surface area contributed by atoms with Gasteiger partial charge in [0.15, 0.2) is 0 Å². The maximum atomic E-state index is 9.50. The summed E-state index contributed by atoms with van der Waals surface area (Å²) < 4.78 is 0. The summed E-state index contributed by atoms with van der Waals surface area (Å²) in [4.78, 5) is 0. The fourth-order valence-corrected chi connectivity index (χ4v) is 2.75. The van der Waals surface area contributed by atoms with E-state index in [1.54, 1.807) is 0 Å². The van der Waals surface area contributed by atoms with Crippen molar-refractivity contribution in [2.75, 3.05) is 0 Å². The van der Waals surface area contributed by atoms with Crippen LogP contribution in [0.15, 0.2) is 66.7 Å². The number of halogens is 1. The van der Waals surface area contributed by atoms with Crippen LogP contribution in [0.5, 0.6) is 0 Å². The smallest absolute Gasteiger partial charge is 0.0753 e. The number of nitrogens with zero attached hydrogens (tertiary/aromatic N) is 1. The minimum atomic E-state index is -0.159. The molecule has 0 saturated heterocycles. The van der Waals surface area contributed by atoms with E-state index in [0.29, 0.717) is 11.4 Å². The number of hydrogen-bond acceptors (Lipinski definition) is 1. The van der Waals surface area contributed by atoms with Crippen LogP contribution in [0.1, 0.15) is 17.0 Å². The molecular formula is C19H14ClN. The van der Waals surface area contributed by atoms with Gasteiger partial charge in [-0.2, -0.15) is 5.26 Å². The molecule has 1 unspecified atom stereocenters. The zero-order valence-electron chi connectivity index (χ0n) is 11.5. The molecule has 0 aromatic heterocycles. The van der Waals surface area contributed by atoms with E-state index in [1.807, 2.05) is 42.5 Å². The van der Waals surface area contributed by atoms with Crippen molar-refractivity contribution in [2.24, 2.45) is 0 Å². The van der Waals surface area contributed by atoms with E-state index >= 15 is 0 Å². The van der Waals surface area contributed by atoms with Gasteiger partial charge >= 0.3 is 0 Å². The van der Waals surface area contributed by atoms with Gasteiger partial charge in [0.25, 0.3) is 0 Å². The number of rotatable bonds is 3. The summed E-state index contributed by atoms with van der Waals surface area (Å²) in [6.45, 7) is 0. The van der Waals surface area contributed by atoms with Gasteiger partial charge in [-0.1, -0.05) is 66.2 Å². The molecule has 0 fully saturated rings. The van der Waals surface area contributed by atoms with E-state index < -0.39 is 0 Å². The molecule has 3 rings (SSSR count). The van der Waals surface area contributed by atoms with Gasteiger partial charge in [-0.15, -0.1) is 0 Å². The molecule has 0 aliphatic heterocycles. The molecule has 102 valence electrons. The second kappa shape index (κ2) is 5.99. The zero-order chi connectivity index (χ0) is 14.7. The van der Waals surface area contributed by atoms with Gasteiger partial charge in [0.1, 0.15) is 0 Å². The molecule has 0 aliphatic rings. The quantitative estimate of drug-likeness (QED) is 0.638. The summed E-state index contributed by atoms with van der Waals surface area (Å²) in [6.07, 6.45) is 0.708. The van der Waals surface area contributed by atoms with Crippen molar-refractivity contribution in [1.82, 2.24) is 0 Å². The monoisotopic (exact) mass is 291 g/mol. The Kier molecular flexibility index (Phi) is 3.90. The maximum absolute atomic E-state index is 9.50. The van der Waals surface area contributed by atoms with Crippen molar-refractivity contribution < 1.29 is 0 Å². The van der Waals surface area contributed by atoms with Gasteiger partial charge in [0.05, 0.1) is 12.0 Å². The predicted octanol–water partition coefficient (Wildman–Crippen LogP) is 5.34. The third kappa shape index (κ3) is 2.91. The van der Waals surface area contributed by atoms with Crippen molar-refractivity contribution >= 4 is 22.4 Å². The van der Waals surface area contributed by atoms with Gasteiger partial charge in [-0.05, 0) is 40.5 Å². The Morgan fingerprint density at radius 2 is 1.62 bits per heavy atom. The first-order chi connectivity index (χ1) is 10.3. The van der Waals surface area contributed by atoms with Crippen molar-refractivity contribution in [3.63, 3.8) is 0 Å². The fourth-order valence-electron chi connectivity index (χ4n) is 2.62. The summed E-state index contributed by atoms with van der Waals surface area (Å²) in [5, 5.41) is 12.6. The average Bonchev–Trinajstić information content (AvgIpc) is 2.54. The van der Waals surface area contributed by atoms with Crippen LogP contribution in [-0.2, 0) is 6.42 Å². The zero-order valence-corrected chi connectivity index (χ0v) is 12.2. The Balaban J connectivity index is 1.96. The number of fused-ring (bicyclic) bond motifs is 1. The third-order valence-electron chi connectivity index (χ3n) is 3.73. The number of nitriles is 1. The van der Waals surface area contributed by atoms with Crippen LogP contribution in [0.25, 0.3) is 10.8 Å². The van der Waals surface area contributed by atoms with Crippen molar-refractivity contribution in [3.05, 3.63) is 82.9 Å². The lowest BCUT2D eigenvalue weighted by Crippen LogP contribution is -2.01. The normalized spacial score (nSPS) is 12.0. The lowest BCUT2D eigenvalue weighted by Gasteiger charge is -2.12. The van der Waals surface area contributed by atoms with Crippen LogP contribution in [-0.4, -0.2) is 0 Å². The van der Waals surface area contributed by atoms with E-state index in [-0.39, 0.29) is 5.92 Å². The van der Waals surface area contributed by atoms with Gasteiger partial charge in [-0.25, -0.2) is 0 Å². The van der Waals surface area contributed by atoms with Gasteiger partial charge in [0.2, 0.25) is 0 Å². The van der Waals surface area contributed by atoms with Gasteiger partial charge in [0, 0.05) is 5.02 Å². The van der Waals surface area contributed by atoms with E-state index in [9.17, 15) is 5.26 Å². The number of benzene rings is 3. The second-order valence-electron chi connectivity index (χ2n) is 5.08. The molecule has 3 aromatic carbocycles. The molecule has 0 heterocycles. The molecule has 1 atom stereocenters. The Morgan fingerprint density at radius 1 is 0.905 bits per heavy atom. The Bertz CT molecular complexity index is 794. The molecule has 0 N–H and O–H groups in total. The minimum absolute atomic E-state index is 0.159. The Morgan fingerprint density at radius 3 is 2.38 bits per heavy atom. The van der Waals surface area contributed by atoms with Crippen LogP contribution in [0.3, 0.4) is 0 Å². The van der Waals surface area contributed by atoms with Crippen LogP contribution < -0.4 is 0 Å². The van der Waals surface area contributed by atoms with Gasteiger partial charge in [-0.3, -0.25) is 0 Å². The SMILES string of the molecule is N#CC(Cc1cccc2ccccc12)c1ccc(Cl)cc1. The Labute approximate surface area is 129 Å². The highest BCUT2D eigenvalue weighted by molar-refractivity contribution is 6.30. The topological polar surface area (TPSA) is 23.8 Å². The van der Waals surface area contributed by atoms with Gasteiger partial charge < -0.3 is 0 Å². The molecule has 21 heavy (non-hydrogen) atoms. The van der Waals surface area contributed by atoms with Crippen LogP contribution >= 0.6 is 11.6 Å². The molecule has 0 aliphatic carbocycles. The lowest BCUT2D eigenvalue weighted by molar-refractivity contribution is 0.855. The second-order valence-corrected chi connectivity index (χ2v) is 5.51. The molecule has 0 spiro atoms. The van der Waals surface area contributed by atoms with E-state index in [4.69, 9.17) is 11.6 Å². The first kappa shape index (κ1) is 13.7. The van der Waals surface area contributed by atoms with Crippen molar-refractivity contribution in [1.29, 1.82) is 5.26 Å². The Hall–Kier alpha value is -2.30. The molecular weight excluding hydrogens is 278 g/mol. The van der Waals surface area contributed by atoms with Crippen molar-refractivity contribution in [2.45, 2.75) is 12.3 Å². The molecule has 2 heteroatoms. The summed E-state index contributed by atoms with van der Waals surface area (Å²) in [6, 6.07) is 24.5. The molecule has 0 amide bonds. The maximum Gasteiger partial charge on any atom is 0.0753 e. The van der Waals surface area contributed by atoms with E-state index in [1.165, 1.54) is 16.3 Å². The predicted molar refractivity (Wildman–Crippen MR) is 87.5 cm³/mol. The first-order valence-corrected chi connectivity index (χ1v) is 7.27. The third-order valence-corrected chi connectivity index (χ3v) is 3.98. The minimum Gasteiger partial charge on any atom is -0.198 e. The molecule has 1 nitrogen and oxygen atoms in total. The summed E-state index contributed by atoms with van der Waals surface area (Å²) in [5.74, 6) is -0.159. The summed E-state index contributed by atoms with van der Waals surface area (Å²) >= 11 is 5.91. The molecule has 3 aromatic rings. The highest BCUT2D eigenvalue weighted by atomic mass is 35.5. The van der Waals surface area contributed by atoms with E-state index in [0.717, 1.165) is 5.56 Å². The molecule has 0 saturated carbocycles. The fraction of sp³-hybridized carbons (Fsp3) is 0.105. The highest BCUT2D eigenvalue weighted by Crippen LogP contribution is 2.26.